The number of carbonyl (C=O) groups excluding carboxylic acids is 1. The van der Waals surface area contributed by atoms with Gasteiger partial charge in [0.25, 0.3) is 0 Å². The van der Waals surface area contributed by atoms with Gasteiger partial charge in [0.05, 0.1) is 18.9 Å². The fourth-order valence-corrected chi connectivity index (χ4v) is 4.68. The van der Waals surface area contributed by atoms with Crippen LogP contribution in [0.1, 0.15) is 35.3 Å². The molecular weight excluding hydrogens is 414 g/mol. The lowest BCUT2D eigenvalue weighted by molar-refractivity contribution is 0.103. The van der Waals surface area contributed by atoms with Gasteiger partial charge in [0.15, 0.2) is 5.78 Å². The van der Waals surface area contributed by atoms with E-state index in [1.165, 1.54) is 0 Å². The number of fused-ring (bicyclic) bond motifs is 3. The molecule has 1 aliphatic rings. The lowest BCUT2D eigenvalue weighted by atomic mass is 10.00. The third-order valence-corrected chi connectivity index (χ3v) is 6.52. The van der Waals surface area contributed by atoms with Crippen molar-refractivity contribution in [3.8, 4) is 0 Å². The Morgan fingerprint density at radius 2 is 1.48 bits per heavy atom. The van der Waals surface area contributed by atoms with Crippen LogP contribution in [0.5, 0.6) is 0 Å². The van der Waals surface area contributed by atoms with E-state index >= 15 is 0 Å². The summed E-state index contributed by atoms with van der Waals surface area (Å²) in [4.78, 5) is 15.6. The maximum absolute atomic E-state index is 13.3. The van der Waals surface area contributed by atoms with Crippen LogP contribution in [0.3, 0.4) is 0 Å². The number of hydrogen-bond donors (Lipinski definition) is 1. The van der Waals surface area contributed by atoms with Gasteiger partial charge in [0.2, 0.25) is 0 Å². The Kier molecular flexibility index (Phi) is 5.60. The van der Waals surface area contributed by atoms with Crippen LogP contribution in [0.4, 0.5) is 5.69 Å². The molecule has 1 saturated heterocycles. The Balaban J connectivity index is 1.54. The number of oxime groups is 1. The van der Waals surface area contributed by atoms with Crippen LogP contribution in [-0.4, -0.2) is 47.6 Å². The van der Waals surface area contributed by atoms with Crippen LogP contribution in [0, 0.1) is 0 Å². The van der Waals surface area contributed by atoms with E-state index in [0.717, 1.165) is 65.9 Å². The molecule has 0 radical (unpaired) electrons. The number of nitrogens with zero attached hydrogens (tertiary/aromatic N) is 3. The van der Waals surface area contributed by atoms with E-state index in [0.29, 0.717) is 16.8 Å². The summed E-state index contributed by atoms with van der Waals surface area (Å²) in [6.07, 6.45) is 0. The molecule has 3 aromatic carbocycles. The van der Waals surface area contributed by atoms with Crippen molar-refractivity contribution in [1.82, 2.24) is 4.57 Å². The van der Waals surface area contributed by atoms with Gasteiger partial charge in [-0.25, -0.2) is 0 Å². The minimum Gasteiger partial charge on any atom is -0.411 e. The fraction of sp³-hybridized carbons (Fsp3) is 0.259. The van der Waals surface area contributed by atoms with E-state index in [1.807, 2.05) is 54.6 Å². The SMILES string of the molecule is CCn1c2ccc(C(=O)c3ccc(N4CCOCC4)cc3)cc2c2cc(/C(C)=N/O)ccc21. The van der Waals surface area contributed by atoms with Crippen LogP contribution in [-0.2, 0) is 11.3 Å². The first-order valence-corrected chi connectivity index (χ1v) is 11.3. The molecule has 1 aromatic heterocycles. The van der Waals surface area contributed by atoms with Crippen LogP contribution < -0.4 is 4.90 Å². The summed E-state index contributed by atoms with van der Waals surface area (Å²) in [5.41, 5.74) is 6.05. The van der Waals surface area contributed by atoms with E-state index < -0.39 is 0 Å². The molecule has 0 saturated carbocycles. The molecule has 0 unspecified atom stereocenters. The summed E-state index contributed by atoms with van der Waals surface area (Å²) in [6, 6.07) is 19.8. The second-order valence-electron chi connectivity index (χ2n) is 8.37. The summed E-state index contributed by atoms with van der Waals surface area (Å²) < 4.78 is 7.67. The summed E-state index contributed by atoms with van der Waals surface area (Å²) in [7, 11) is 0. The molecule has 0 spiro atoms. The molecule has 1 N–H and O–H groups in total. The number of benzene rings is 3. The second-order valence-corrected chi connectivity index (χ2v) is 8.37. The predicted molar refractivity (Wildman–Crippen MR) is 132 cm³/mol. The highest BCUT2D eigenvalue weighted by atomic mass is 16.5. The van der Waals surface area contributed by atoms with Crippen LogP contribution >= 0.6 is 0 Å². The zero-order valence-corrected chi connectivity index (χ0v) is 18.9. The molecule has 0 aliphatic carbocycles. The molecule has 1 fully saturated rings. The fourth-order valence-electron chi connectivity index (χ4n) is 4.68. The number of hydrogen-bond acceptors (Lipinski definition) is 5. The van der Waals surface area contributed by atoms with Crippen LogP contribution in [0.15, 0.2) is 65.8 Å². The lowest BCUT2D eigenvalue weighted by Gasteiger charge is -2.28. The van der Waals surface area contributed by atoms with E-state index in [9.17, 15) is 10.0 Å². The highest BCUT2D eigenvalue weighted by molar-refractivity contribution is 6.16. The van der Waals surface area contributed by atoms with E-state index in [4.69, 9.17) is 4.74 Å². The number of aromatic nitrogens is 1. The average Bonchev–Trinajstić information content (AvgIpc) is 3.20. The van der Waals surface area contributed by atoms with Crippen molar-refractivity contribution in [2.45, 2.75) is 20.4 Å². The number of ketones is 1. The monoisotopic (exact) mass is 441 g/mol. The second kappa shape index (κ2) is 8.71. The lowest BCUT2D eigenvalue weighted by Crippen LogP contribution is -2.36. The average molecular weight is 442 g/mol. The van der Waals surface area contributed by atoms with Crippen molar-refractivity contribution >= 4 is 39.0 Å². The number of carbonyl (C=O) groups is 1. The van der Waals surface area contributed by atoms with Crippen molar-refractivity contribution < 1.29 is 14.7 Å². The van der Waals surface area contributed by atoms with Gasteiger partial charge in [-0.05, 0) is 74.0 Å². The molecule has 2 heterocycles. The Hall–Kier alpha value is -3.64. The molecule has 1 aliphatic heterocycles. The molecule has 5 rings (SSSR count). The highest BCUT2D eigenvalue weighted by Gasteiger charge is 2.16. The molecule has 0 atom stereocenters. The standard InChI is InChI=1S/C27H27N3O3/c1-3-30-25-10-6-20(18(2)28-32)16-23(25)24-17-21(7-11-26(24)30)27(31)19-4-8-22(9-5-19)29-12-14-33-15-13-29/h4-11,16-17,32H,3,12-15H2,1-2H3/b28-18+. The minimum atomic E-state index is 0.00656. The summed E-state index contributed by atoms with van der Waals surface area (Å²) in [5.74, 6) is 0.00656. The largest absolute Gasteiger partial charge is 0.411 e. The molecule has 6 heteroatoms. The predicted octanol–water partition coefficient (Wildman–Crippen LogP) is 5.08. The van der Waals surface area contributed by atoms with Gasteiger partial charge in [-0.15, -0.1) is 0 Å². The Morgan fingerprint density at radius 3 is 2.09 bits per heavy atom. The Labute approximate surface area is 192 Å². The maximum atomic E-state index is 13.3. The number of anilines is 1. The van der Waals surface area contributed by atoms with Gasteiger partial charge >= 0.3 is 0 Å². The molecule has 0 bridgehead atoms. The van der Waals surface area contributed by atoms with Crippen molar-refractivity contribution in [2.24, 2.45) is 5.16 Å². The molecule has 4 aromatic rings. The topological polar surface area (TPSA) is 67.1 Å². The maximum Gasteiger partial charge on any atom is 0.193 e. The van der Waals surface area contributed by atoms with Gasteiger partial charge in [-0.1, -0.05) is 11.2 Å². The van der Waals surface area contributed by atoms with Crippen molar-refractivity contribution in [3.05, 3.63) is 77.4 Å². The number of morpholine rings is 1. The van der Waals surface area contributed by atoms with Gasteiger partial charge in [0, 0.05) is 58.3 Å². The highest BCUT2D eigenvalue weighted by Crippen LogP contribution is 2.31. The first kappa shape index (κ1) is 21.2. The zero-order valence-electron chi connectivity index (χ0n) is 18.9. The number of rotatable bonds is 5. The smallest absolute Gasteiger partial charge is 0.193 e. The Bertz CT molecular complexity index is 1360. The van der Waals surface area contributed by atoms with Crippen molar-refractivity contribution in [3.63, 3.8) is 0 Å². The Morgan fingerprint density at radius 1 is 0.909 bits per heavy atom. The molecule has 168 valence electrons. The molecule has 0 amide bonds. The van der Waals surface area contributed by atoms with Crippen molar-refractivity contribution in [1.29, 1.82) is 0 Å². The molecule has 6 nitrogen and oxygen atoms in total. The van der Waals surface area contributed by atoms with Gasteiger partial charge < -0.3 is 19.4 Å². The number of aryl methyl sites for hydroxylation is 1. The van der Waals surface area contributed by atoms with Gasteiger partial charge in [0.1, 0.15) is 0 Å². The summed E-state index contributed by atoms with van der Waals surface area (Å²) >= 11 is 0. The number of ether oxygens (including phenoxy) is 1. The quantitative estimate of drug-likeness (QED) is 0.203. The van der Waals surface area contributed by atoms with Gasteiger partial charge in [-0.3, -0.25) is 4.79 Å². The van der Waals surface area contributed by atoms with E-state index in [1.54, 1.807) is 6.92 Å². The van der Waals surface area contributed by atoms with Crippen LogP contribution in [0.2, 0.25) is 0 Å². The van der Waals surface area contributed by atoms with Gasteiger partial charge in [-0.2, -0.15) is 0 Å². The first-order chi connectivity index (χ1) is 16.1. The van der Waals surface area contributed by atoms with Crippen LogP contribution in [0.25, 0.3) is 21.8 Å². The molecule has 33 heavy (non-hydrogen) atoms. The first-order valence-electron chi connectivity index (χ1n) is 11.3. The summed E-state index contributed by atoms with van der Waals surface area (Å²) in [5, 5.41) is 14.6. The summed E-state index contributed by atoms with van der Waals surface area (Å²) in [6.45, 7) is 7.91. The van der Waals surface area contributed by atoms with E-state index in [2.05, 4.69) is 27.6 Å². The zero-order chi connectivity index (χ0) is 22.9. The van der Waals surface area contributed by atoms with E-state index in [-0.39, 0.29) is 5.78 Å². The molecular formula is C27H27N3O3. The van der Waals surface area contributed by atoms with Crippen molar-refractivity contribution in [2.75, 3.05) is 31.2 Å². The minimum absolute atomic E-state index is 0.00656. The third kappa shape index (κ3) is 3.76. The third-order valence-electron chi connectivity index (χ3n) is 6.52. The normalized spacial score (nSPS) is 14.8.